The summed E-state index contributed by atoms with van der Waals surface area (Å²) >= 11 is 0. The molecule has 2 aromatic rings. The van der Waals surface area contributed by atoms with Crippen LogP contribution in [0, 0.1) is 5.53 Å². The zero-order valence-corrected chi connectivity index (χ0v) is 11.7. The number of hydrogen-bond acceptors (Lipinski definition) is 6. The molecule has 9 nitrogen and oxygen atoms in total. The van der Waals surface area contributed by atoms with Gasteiger partial charge in [-0.2, -0.15) is 15.0 Å². The third-order valence-corrected chi connectivity index (χ3v) is 2.49. The fraction of sp³-hybridized carbons (Fsp3) is 0.364. The van der Waals surface area contributed by atoms with Crippen LogP contribution in [0.3, 0.4) is 0 Å². The predicted molar refractivity (Wildman–Crippen MR) is 70.8 cm³/mol. The van der Waals surface area contributed by atoms with Gasteiger partial charge < -0.3 is 0 Å². The number of rotatable bonds is 3. The lowest BCUT2D eigenvalue weighted by Gasteiger charge is -2.09. The highest BCUT2D eigenvalue weighted by Gasteiger charge is 2.18. The Morgan fingerprint density at radius 1 is 1.40 bits per heavy atom. The SMILES string of the molecule is CN(C)C(OOn1nnc2cccc(N=N)c21)=[N+](C)C. The third-order valence-electron chi connectivity index (χ3n) is 2.49. The van der Waals surface area contributed by atoms with E-state index >= 15 is 0 Å². The van der Waals surface area contributed by atoms with Gasteiger partial charge in [0.1, 0.15) is 11.2 Å². The lowest BCUT2D eigenvalue weighted by molar-refractivity contribution is -0.493. The number of fused-ring (bicyclic) bond motifs is 1. The van der Waals surface area contributed by atoms with Crippen molar-refractivity contribution in [3.8, 4) is 0 Å². The van der Waals surface area contributed by atoms with Gasteiger partial charge in [-0.05, 0) is 22.2 Å². The van der Waals surface area contributed by atoms with Crippen LogP contribution >= 0.6 is 0 Å². The van der Waals surface area contributed by atoms with Crippen LogP contribution in [0.2, 0.25) is 0 Å². The summed E-state index contributed by atoms with van der Waals surface area (Å²) in [5.41, 5.74) is 8.59. The predicted octanol–water partition coefficient (Wildman–Crippen LogP) is 0.644. The molecule has 0 aliphatic carbocycles. The number of aromatic nitrogens is 3. The summed E-state index contributed by atoms with van der Waals surface area (Å²) < 4.78 is 1.74. The van der Waals surface area contributed by atoms with Crippen molar-refractivity contribution in [3.63, 3.8) is 0 Å². The number of amidine groups is 1. The Balaban J connectivity index is 2.31. The minimum absolute atomic E-state index is 0.396. The molecule has 0 bridgehead atoms. The molecule has 9 heteroatoms. The summed E-state index contributed by atoms with van der Waals surface area (Å²) in [7, 11) is 7.29. The van der Waals surface area contributed by atoms with Crippen molar-refractivity contribution in [2.24, 2.45) is 5.11 Å². The Bertz CT molecular complexity index is 658. The first-order valence-corrected chi connectivity index (χ1v) is 5.83. The van der Waals surface area contributed by atoms with Crippen molar-refractivity contribution in [2.75, 3.05) is 28.2 Å². The normalized spacial score (nSPS) is 10.2. The molecule has 0 aliphatic heterocycles. The van der Waals surface area contributed by atoms with Gasteiger partial charge in [0.15, 0.2) is 5.52 Å². The summed E-state index contributed by atoms with van der Waals surface area (Å²) in [5.74, 6) is 0. The zero-order chi connectivity index (χ0) is 14.7. The molecule has 106 valence electrons. The van der Waals surface area contributed by atoms with Crippen molar-refractivity contribution in [2.45, 2.75) is 0 Å². The van der Waals surface area contributed by atoms with Gasteiger partial charge in [0, 0.05) is 0 Å². The Labute approximate surface area is 115 Å². The van der Waals surface area contributed by atoms with E-state index < -0.39 is 0 Å². The van der Waals surface area contributed by atoms with Crippen molar-refractivity contribution in [3.05, 3.63) is 18.2 Å². The average Bonchev–Trinajstić information content (AvgIpc) is 2.81. The second-order valence-electron chi connectivity index (χ2n) is 4.45. The van der Waals surface area contributed by atoms with Crippen molar-refractivity contribution in [1.29, 1.82) is 5.53 Å². The fourth-order valence-electron chi connectivity index (χ4n) is 1.69. The average molecular weight is 278 g/mol. The molecule has 1 N–H and O–H groups in total. The molecule has 0 saturated carbocycles. The second kappa shape index (κ2) is 5.51. The highest BCUT2D eigenvalue weighted by Crippen LogP contribution is 2.23. The van der Waals surface area contributed by atoms with Gasteiger partial charge in [-0.1, -0.05) is 6.07 Å². The number of nitrogens with zero attached hydrogens (tertiary/aromatic N) is 6. The summed E-state index contributed by atoms with van der Waals surface area (Å²) in [6, 6.07) is 5.64. The van der Waals surface area contributed by atoms with Crippen LogP contribution in [0.5, 0.6) is 0 Å². The first-order chi connectivity index (χ1) is 9.54. The van der Waals surface area contributed by atoms with Crippen molar-refractivity contribution < 1.29 is 14.5 Å². The van der Waals surface area contributed by atoms with Crippen LogP contribution in [-0.4, -0.2) is 58.8 Å². The molecule has 0 spiro atoms. The van der Waals surface area contributed by atoms with Gasteiger partial charge in [-0.15, -0.1) is 5.10 Å². The summed E-state index contributed by atoms with van der Waals surface area (Å²) in [5, 5.41) is 11.2. The zero-order valence-electron chi connectivity index (χ0n) is 11.7. The quantitative estimate of drug-likeness (QED) is 0.222. The highest BCUT2D eigenvalue weighted by atomic mass is 17.3. The molecule has 1 aromatic heterocycles. The van der Waals surface area contributed by atoms with Gasteiger partial charge in [-0.25, -0.2) is 15.0 Å². The Kier molecular flexibility index (Phi) is 3.78. The van der Waals surface area contributed by atoms with E-state index in [1.165, 1.54) is 0 Å². The maximum absolute atomic E-state index is 7.15. The van der Waals surface area contributed by atoms with E-state index in [1.807, 2.05) is 28.2 Å². The van der Waals surface area contributed by atoms with Crippen LogP contribution in [-0.2, 0) is 4.89 Å². The monoisotopic (exact) mass is 278 g/mol. The van der Waals surface area contributed by atoms with Crippen molar-refractivity contribution >= 4 is 22.7 Å². The van der Waals surface area contributed by atoms with Crippen LogP contribution in [0.1, 0.15) is 0 Å². The van der Waals surface area contributed by atoms with E-state index in [1.54, 1.807) is 27.7 Å². The maximum Gasteiger partial charge on any atom is 0.489 e. The molecule has 0 unspecified atom stereocenters. The molecule has 0 fully saturated rings. The topological polar surface area (TPSA) is 91.6 Å². The van der Waals surface area contributed by atoms with Crippen molar-refractivity contribution in [1.82, 2.24) is 20.1 Å². The Hall–Kier alpha value is -2.71. The van der Waals surface area contributed by atoms with E-state index in [2.05, 4.69) is 15.4 Å². The van der Waals surface area contributed by atoms with Crippen LogP contribution in [0.4, 0.5) is 5.69 Å². The van der Waals surface area contributed by atoms with Gasteiger partial charge in [0.2, 0.25) is 0 Å². The molecule has 0 saturated heterocycles. The summed E-state index contributed by atoms with van der Waals surface area (Å²) in [4.78, 5) is 13.2. The smallest absolute Gasteiger partial charge is 0.231 e. The van der Waals surface area contributed by atoms with E-state index in [4.69, 9.17) is 15.4 Å². The molecule has 0 aliphatic rings. The Morgan fingerprint density at radius 3 is 2.75 bits per heavy atom. The number of para-hydroxylation sites is 1. The lowest BCUT2D eigenvalue weighted by atomic mass is 10.3. The number of hydrogen-bond donors (Lipinski definition) is 1. The molecule has 1 heterocycles. The fourth-order valence-corrected chi connectivity index (χ4v) is 1.69. The van der Waals surface area contributed by atoms with E-state index in [0.717, 1.165) is 4.85 Å². The maximum atomic E-state index is 7.15. The molecule has 20 heavy (non-hydrogen) atoms. The minimum Gasteiger partial charge on any atom is -0.231 e. The molecule has 0 radical (unpaired) electrons. The Morgan fingerprint density at radius 2 is 2.15 bits per heavy atom. The summed E-state index contributed by atoms with van der Waals surface area (Å²) in [6.45, 7) is 0. The molecule has 0 atom stereocenters. The van der Waals surface area contributed by atoms with Crippen LogP contribution in [0.25, 0.3) is 11.0 Å². The standard InChI is InChI=1S/C11H16N7O2/c1-16(2)11(17(3)4)19-20-18-10-8(13-12)6-5-7-9(10)14-15-18/h5-7,12H,1-4H3/q+1. The first-order valence-electron chi connectivity index (χ1n) is 5.83. The largest absolute Gasteiger partial charge is 0.489 e. The number of benzene rings is 1. The van der Waals surface area contributed by atoms with Gasteiger partial charge in [-0.3, -0.25) is 0 Å². The minimum atomic E-state index is 0.396. The van der Waals surface area contributed by atoms with Crippen LogP contribution < -0.4 is 4.99 Å². The summed E-state index contributed by atoms with van der Waals surface area (Å²) in [6.07, 6.45) is 0. The van der Waals surface area contributed by atoms with Gasteiger partial charge in [0.25, 0.3) is 0 Å². The molecular formula is C11H16N7O2+. The molecule has 2 rings (SSSR count). The van der Waals surface area contributed by atoms with Gasteiger partial charge >= 0.3 is 6.02 Å². The molecular weight excluding hydrogens is 262 g/mol. The molecule has 0 amide bonds. The van der Waals surface area contributed by atoms with Crippen LogP contribution in [0.15, 0.2) is 23.3 Å². The lowest BCUT2D eigenvalue weighted by Crippen LogP contribution is -2.35. The third kappa shape index (κ3) is 2.51. The van der Waals surface area contributed by atoms with E-state index in [0.29, 0.717) is 22.7 Å². The molecule has 1 aromatic carbocycles. The highest BCUT2D eigenvalue weighted by molar-refractivity contribution is 5.85. The van der Waals surface area contributed by atoms with Gasteiger partial charge in [0.05, 0.1) is 28.2 Å². The first kappa shape index (κ1) is 13.7. The second-order valence-corrected chi connectivity index (χ2v) is 4.45. The number of nitrogens with one attached hydrogen (secondary N) is 1. The van der Waals surface area contributed by atoms with E-state index in [9.17, 15) is 0 Å². The van der Waals surface area contributed by atoms with E-state index in [-0.39, 0.29) is 0 Å².